The van der Waals surface area contributed by atoms with Crippen molar-refractivity contribution in [3.05, 3.63) is 88.4 Å². The molecule has 1 amide bonds. The van der Waals surface area contributed by atoms with Crippen molar-refractivity contribution >= 4 is 29.2 Å². The Morgan fingerprint density at radius 1 is 0.923 bits per heavy atom. The Balaban J connectivity index is 2.00. The molecule has 26 heavy (non-hydrogen) atoms. The minimum atomic E-state index is -1.11. The van der Waals surface area contributed by atoms with Crippen molar-refractivity contribution in [1.29, 1.82) is 0 Å². The van der Waals surface area contributed by atoms with Crippen LogP contribution in [0.1, 0.15) is 26.3 Å². The smallest absolute Gasteiger partial charge is 0.337 e. The summed E-state index contributed by atoms with van der Waals surface area (Å²) in [4.78, 5) is 23.9. The van der Waals surface area contributed by atoms with Crippen molar-refractivity contribution in [1.82, 2.24) is 0 Å². The van der Waals surface area contributed by atoms with Crippen molar-refractivity contribution in [3.8, 4) is 11.1 Å². The second kappa shape index (κ2) is 7.42. The summed E-state index contributed by atoms with van der Waals surface area (Å²) in [5.41, 5.74) is 3.27. The minimum absolute atomic E-state index is 0.0243. The summed E-state index contributed by atoms with van der Waals surface area (Å²) in [6.07, 6.45) is 0. The average Bonchev–Trinajstić information content (AvgIpc) is 2.64. The molecule has 3 rings (SSSR count). The number of carbonyl (C=O) groups excluding carboxylic acids is 1. The molecule has 0 saturated heterocycles. The molecule has 0 aliphatic rings. The average molecular weight is 366 g/mol. The number of benzene rings is 3. The zero-order valence-corrected chi connectivity index (χ0v) is 14.7. The van der Waals surface area contributed by atoms with Gasteiger partial charge in [-0.05, 0) is 53.9 Å². The van der Waals surface area contributed by atoms with Gasteiger partial charge in [-0.15, -0.1) is 0 Å². The predicted octanol–water partition coefficient (Wildman–Crippen LogP) is 5.27. The number of aromatic carboxylic acids is 1. The largest absolute Gasteiger partial charge is 0.478 e. The van der Waals surface area contributed by atoms with E-state index in [-0.39, 0.29) is 17.2 Å². The lowest BCUT2D eigenvalue weighted by Gasteiger charge is -2.12. The highest BCUT2D eigenvalue weighted by Gasteiger charge is 2.15. The third-order valence-electron chi connectivity index (χ3n) is 4.04. The highest BCUT2D eigenvalue weighted by atomic mass is 35.5. The third kappa shape index (κ3) is 3.76. The van der Waals surface area contributed by atoms with Crippen molar-refractivity contribution in [2.45, 2.75) is 6.92 Å². The molecule has 0 radical (unpaired) electrons. The van der Waals surface area contributed by atoms with Crippen molar-refractivity contribution in [2.24, 2.45) is 0 Å². The molecule has 130 valence electrons. The van der Waals surface area contributed by atoms with E-state index >= 15 is 0 Å². The van der Waals surface area contributed by atoms with Gasteiger partial charge in [0.15, 0.2) is 0 Å². The highest BCUT2D eigenvalue weighted by Crippen LogP contribution is 2.29. The number of carbonyl (C=O) groups is 2. The Morgan fingerprint density at radius 2 is 1.58 bits per heavy atom. The Hall–Kier alpha value is -3.11. The first-order valence-corrected chi connectivity index (χ1v) is 8.34. The molecule has 0 aromatic heterocycles. The fourth-order valence-electron chi connectivity index (χ4n) is 2.57. The van der Waals surface area contributed by atoms with Gasteiger partial charge >= 0.3 is 5.97 Å². The molecule has 0 unspecified atom stereocenters. The summed E-state index contributed by atoms with van der Waals surface area (Å²) in [5.74, 6) is -1.48. The van der Waals surface area contributed by atoms with Crippen LogP contribution in [0.2, 0.25) is 5.02 Å². The first-order chi connectivity index (χ1) is 12.5. The van der Waals surface area contributed by atoms with Crippen LogP contribution in [0.4, 0.5) is 5.69 Å². The summed E-state index contributed by atoms with van der Waals surface area (Å²) in [6, 6.07) is 19.1. The summed E-state index contributed by atoms with van der Waals surface area (Å²) < 4.78 is 0. The van der Waals surface area contributed by atoms with Crippen LogP contribution in [0.25, 0.3) is 11.1 Å². The zero-order chi connectivity index (χ0) is 18.7. The van der Waals surface area contributed by atoms with E-state index in [0.717, 1.165) is 16.7 Å². The number of amides is 1. The van der Waals surface area contributed by atoms with E-state index < -0.39 is 5.97 Å². The molecule has 3 aromatic rings. The quantitative estimate of drug-likeness (QED) is 0.662. The summed E-state index contributed by atoms with van der Waals surface area (Å²) >= 11 is 6.19. The normalized spacial score (nSPS) is 10.4. The molecule has 0 saturated carbocycles. The van der Waals surface area contributed by atoms with Crippen molar-refractivity contribution < 1.29 is 14.7 Å². The lowest BCUT2D eigenvalue weighted by Crippen LogP contribution is -2.14. The lowest BCUT2D eigenvalue weighted by molar-refractivity contribution is 0.0698. The lowest BCUT2D eigenvalue weighted by atomic mass is 10.0. The summed E-state index contributed by atoms with van der Waals surface area (Å²) in [6.45, 7) is 1.91. The van der Waals surface area contributed by atoms with Gasteiger partial charge in [0.25, 0.3) is 5.91 Å². The van der Waals surface area contributed by atoms with Crippen LogP contribution in [0.5, 0.6) is 0 Å². The predicted molar refractivity (Wildman–Crippen MR) is 103 cm³/mol. The van der Waals surface area contributed by atoms with Crippen LogP contribution < -0.4 is 5.32 Å². The van der Waals surface area contributed by atoms with E-state index in [0.29, 0.717) is 10.6 Å². The van der Waals surface area contributed by atoms with E-state index in [1.807, 2.05) is 25.1 Å². The van der Waals surface area contributed by atoms with Gasteiger partial charge in [0.05, 0.1) is 11.3 Å². The number of carboxylic acids is 1. The van der Waals surface area contributed by atoms with E-state index in [4.69, 9.17) is 11.6 Å². The van der Waals surface area contributed by atoms with Gasteiger partial charge in [-0.1, -0.05) is 48.0 Å². The highest BCUT2D eigenvalue weighted by molar-refractivity contribution is 6.31. The van der Waals surface area contributed by atoms with Crippen molar-refractivity contribution in [2.75, 3.05) is 5.32 Å². The molecule has 0 aliphatic carbocycles. The molecular weight excluding hydrogens is 350 g/mol. The summed E-state index contributed by atoms with van der Waals surface area (Å²) in [7, 11) is 0. The van der Waals surface area contributed by atoms with Gasteiger partial charge in [-0.3, -0.25) is 4.79 Å². The van der Waals surface area contributed by atoms with E-state index in [9.17, 15) is 14.7 Å². The van der Waals surface area contributed by atoms with E-state index in [2.05, 4.69) is 5.32 Å². The molecule has 0 atom stereocenters. The number of nitrogens with one attached hydrogen (secondary N) is 1. The van der Waals surface area contributed by atoms with Crippen molar-refractivity contribution in [3.63, 3.8) is 0 Å². The number of anilines is 1. The van der Waals surface area contributed by atoms with Crippen LogP contribution in [-0.2, 0) is 0 Å². The Labute approximate surface area is 156 Å². The van der Waals surface area contributed by atoms with Crippen LogP contribution >= 0.6 is 11.6 Å². The first-order valence-electron chi connectivity index (χ1n) is 7.96. The van der Waals surface area contributed by atoms with Gasteiger partial charge in [-0.25, -0.2) is 4.79 Å². The summed E-state index contributed by atoms with van der Waals surface area (Å²) in [5, 5.41) is 12.7. The fraction of sp³-hybridized carbons (Fsp3) is 0.0476. The SMILES string of the molecule is Cc1ccc(-c2ccc(C(=O)O)c(NC(=O)c3ccccc3)c2)cc1Cl. The van der Waals surface area contributed by atoms with Gasteiger partial charge in [0.1, 0.15) is 0 Å². The molecule has 0 fully saturated rings. The van der Waals surface area contributed by atoms with Crippen LogP contribution in [0, 0.1) is 6.92 Å². The molecule has 0 aliphatic heterocycles. The fourth-order valence-corrected chi connectivity index (χ4v) is 2.75. The standard InChI is InChI=1S/C21H16ClNO3/c1-13-7-8-15(11-18(13)22)16-9-10-17(21(25)26)19(12-16)23-20(24)14-5-3-2-4-6-14/h2-12H,1H3,(H,23,24)(H,25,26). The Morgan fingerprint density at radius 3 is 2.23 bits per heavy atom. The van der Waals surface area contributed by atoms with Gasteiger partial charge in [-0.2, -0.15) is 0 Å². The minimum Gasteiger partial charge on any atom is -0.478 e. The number of hydrogen-bond acceptors (Lipinski definition) is 2. The Bertz CT molecular complexity index is 984. The Kier molecular flexibility index (Phi) is 5.05. The van der Waals surface area contributed by atoms with Crippen LogP contribution in [-0.4, -0.2) is 17.0 Å². The molecule has 5 heteroatoms. The maximum atomic E-state index is 12.4. The van der Waals surface area contributed by atoms with Gasteiger partial charge in [0, 0.05) is 10.6 Å². The maximum Gasteiger partial charge on any atom is 0.337 e. The molecule has 0 heterocycles. The number of rotatable bonds is 4. The second-order valence-electron chi connectivity index (χ2n) is 5.85. The monoisotopic (exact) mass is 365 g/mol. The van der Waals surface area contributed by atoms with E-state index in [1.165, 1.54) is 6.07 Å². The zero-order valence-electron chi connectivity index (χ0n) is 14.0. The van der Waals surface area contributed by atoms with Gasteiger partial charge in [0.2, 0.25) is 0 Å². The molecule has 0 bridgehead atoms. The molecule has 3 aromatic carbocycles. The number of hydrogen-bond donors (Lipinski definition) is 2. The topological polar surface area (TPSA) is 66.4 Å². The van der Waals surface area contributed by atoms with Crippen LogP contribution in [0.15, 0.2) is 66.7 Å². The van der Waals surface area contributed by atoms with Gasteiger partial charge < -0.3 is 10.4 Å². The second-order valence-corrected chi connectivity index (χ2v) is 6.26. The molecule has 0 spiro atoms. The van der Waals surface area contributed by atoms with E-state index in [1.54, 1.807) is 42.5 Å². The first kappa shape index (κ1) is 17.7. The number of carboxylic acid groups (broad SMARTS) is 1. The number of aryl methyl sites for hydroxylation is 1. The third-order valence-corrected chi connectivity index (χ3v) is 4.45. The number of halogens is 1. The molecule has 2 N–H and O–H groups in total. The molecule has 4 nitrogen and oxygen atoms in total. The molecular formula is C21H16ClNO3. The maximum absolute atomic E-state index is 12.4. The van der Waals surface area contributed by atoms with Crippen LogP contribution in [0.3, 0.4) is 0 Å².